The molecule has 25 heavy (non-hydrogen) atoms. The van der Waals surface area contributed by atoms with Crippen LogP contribution >= 0.6 is 0 Å². The van der Waals surface area contributed by atoms with E-state index in [1.54, 1.807) is 24.3 Å². The van der Waals surface area contributed by atoms with Gasteiger partial charge in [0, 0.05) is 17.7 Å². The second-order valence-electron chi connectivity index (χ2n) is 5.82. The fourth-order valence-electron chi connectivity index (χ4n) is 2.32. The van der Waals surface area contributed by atoms with Crippen LogP contribution in [0.5, 0.6) is 0 Å². The Bertz CT molecular complexity index is 769. The minimum absolute atomic E-state index is 0.0508. The van der Waals surface area contributed by atoms with Crippen molar-refractivity contribution in [3.63, 3.8) is 0 Å². The number of aryl methyl sites for hydroxylation is 2. The smallest absolute Gasteiger partial charge is 0.306 e. The largest absolute Gasteiger partial charge is 0.456 e. The zero-order valence-corrected chi connectivity index (χ0v) is 14.4. The molecule has 0 fully saturated rings. The summed E-state index contributed by atoms with van der Waals surface area (Å²) >= 11 is 0. The number of para-hydroxylation sites is 1. The molecule has 2 aromatic carbocycles. The van der Waals surface area contributed by atoms with Crippen molar-refractivity contribution in [3.05, 3.63) is 65.2 Å². The Hall–Kier alpha value is -2.95. The molecule has 0 radical (unpaired) electrons. The van der Waals surface area contributed by atoms with Crippen molar-refractivity contribution in [2.75, 3.05) is 11.9 Å². The Kier molecular flexibility index (Phi) is 6.46. The summed E-state index contributed by atoms with van der Waals surface area (Å²) in [6.07, 6.45) is 0.00820. The van der Waals surface area contributed by atoms with Crippen molar-refractivity contribution >= 4 is 23.3 Å². The molecule has 0 aliphatic heterocycles. The molecule has 0 heterocycles. The van der Waals surface area contributed by atoms with Gasteiger partial charge in [-0.25, -0.2) is 0 Å². The molecular weight excluding hydrogens is 318 g/mol. The third-order valence-electron chi connectivity index (χ3n) is 3.67. The summed E-state index contributed by atoms with van der Waals surface area (Å²) in [5, 5.41) is 2.62. The molecule has 2 aromatic rings. The number of rotatable bonds is 7. The van der Waals surface area contributed by atoms with E-state index >= 15 is 0 Å². The van der Waals surface area contributed by atoms with Gasteiger partial charge in [-0.05, 0) is 37.6 Å². The molecule has 0 aliphatic rings. The number of ketones is 1. The lowest BCUT2D eigenvalue weighted by molar-refractivity contribution is -0.147. The monoisotopic (exact) mass is 339 g/mol. The number of esters is 1. The first-order valence-electron chi connectivity index (χ1n) is 8.06. The van der Waals surface area contributed by atoms with E-state index in [1.165, 1.54) is 0 Å². The van der Waals surface area contributed by atoms with Crippen LogP contribution < -0.4 is 5.32 Å². The lowest BCUT2D eigenvalue weighted by atomic mass is 9.99. The zero-order chi connectivity index (χ0) is 18.2. The Balaban J connectivity index is 1.76. The van der Waals surface area contributed by atoms with Crippen molar-refractivity contribution in [3.8, 4) is 0 Å². The van der Waals surface area contributed by atoms with Crippen molar-refractivity contribution < 1.29 is 19.1 Å². The number of anilines is 1. The minimum Gasteiger partial charge on any atom is -0.456 e. The van der Waals surface area contributed by atoms with Gasteiger partial charge in [0.2, 0.25) is 0 Å². The minimum atomic E-state index is -0.568. The molecule has 1 N–H and O–H groups in total. The van der Waals surface area contributed by atoms with Gasteiger partial charge >= 0.3 is 5.97 Å². The van der Waals surface area contributed by atoms with Crippen molar-refractivity contribution in [1.29, 1.82) is 0 Å². The van der Waals surface area contributed by atoms with Crippen LogP contribution in [0.2, 0.25) is 0 Å². The maximum Gasteiger partial charge on any atom is 0.306 e. The highest BCUT2D eigenvalue weighted by Crippen LogP contribution is 2.14. The molecule has 5 nitrogen and oxygen atoms in total. The molecule has 0 saturated heterocycles. The molecule has 0 bridgehead atoms. The standard InChI is InChI=1S/C20H21NO4/c1-14-8-9-15(2)17(12-14)18(22)10-11-20(24)25-13-19(23)21-16-6-4-3-5-7-16/h3-9,12H,10-11,13H2,1-2H3,(H,21,23). The van der Waals surface area contributed by atoms with Crippen LogP contribution in [0.1, 0.15) is 34.3 Å². The zero-order valence-electron chi connectivity index (χ0n) is 14.4. The van der Waals surface area contributed by atoms with Crippen LogP contribution in [0.4, 0.5) is 5.69 Å². The lowest BCUT2D eigenvalue weighted by Gasteiger charge is -2.08. The summed E-state index contributed by atoms with van der Waals surface area (Å²) in [5.74, 6) is -1.09. The Morgan fingerprint density at radius 2 is 1.68 bits per heavy atom. The highest BCUT2D eigenvalue weighted by molar-refractivity contribution is 5.99. The number of benzene rings is 2. The summed E-state index contributed by atoms with van der Waals surface area (Å²) < 4.78 is 4.91. The van der Waals surface area contributed by atoms with Crippen LogP contribution in [0.25, 0.3) is 0 Å². The number of Topliss-reactive ketones (excluding diaryl/α,β-unsaturated/α-hetero) is 1. The highest BCUT2D eigenvalue weighted by Gasteiger charge is 2.13. The number of hydrogen-bond donors (Lipinski definition) is 1. The van der Waals surface area contributed by atoms with Crippen LogP contribution in [-0.4, -0.2) is 24.3 Å². The van der Waals surface area contributed by atoms with Gasteiger partial charge in [0.25, 0.3) is 5.91 Å². The number of amides is 1. The van der Waals surface area contributed by atoms with Crippen LogP contribution in [-0.2, 0) is 14.3 Å². The van der Waals surface area contributed by atoms with Crippen LogP contribution in [0.3, 0.4) is 0 Å². The topological polar surface area (TPSA) is 72.5 Å². The van der Waals surface area contributed by atoms with E-state index in [4.69, 9.17) is 4.74 Å². The Morgan fingerprint density at radius 1 is 0.960 bits per heavy atom. The summed E-state index contributed by atoms with van der Waals surface area (Å²) in [7, 11) is 0. The maximum absolute atomic E-state index is 12.2. The van der Waals surface area contributed by atoms with Crippen molar-refractivity contribution in [2.45, 2.75) is 26.7 Å². The molecule has 0 aliphatic carbocycles. The number of ether oxygens (including phenoxy) is 1. The quantitative estimate of drug-likeness (QED) is 0.619. The van der Waals surface area contributed by atoms with Gasteiger partial charge < -0.3 is 10.1 Å². The molecule has 2 rings (SSSR count). The number of hydrogen-bond acceptors (Lipinski definition) is 4. The van der Waals surface area contributed by atoms with Gasteiger partial charge in [0.05, 0.1) is 6.42 Å². The van der Waals surface area contributed by atoms with E-state index in [-0.39, 0.29) is 25.2 Å². The van der Waals surface area contributed by atoms with Gasteiger partial charge in [0.1, 0.15) is 0 Å². The van der Waals surface area contributed by atoms with E-state index in [1.807, 2.05) is 38.1 Å². The van der Waals surface area contributed by atoms with Crippen LogP contribution in [0, 0.1) is 13.8 Å². The van der Waals surface area contributed by atoms with E-state index in [0.717, 1.165) is 11.1 Å². The third-order valence-corrected chi connectivity index (χ3v) is 3.67. The van der Waals surface area contributed by atoms with Gasteiger partial charge in [0.15, 0.2) is 12.4 Å². The number of carbonyl (C=O) groups excluding carboxylic acids is 3. The first kappa shape index (κ1) is 18.4. The number of nitrogens with one attached hydrogen (secondary N) is 1. The predicted octanol–water partition coefficient (Wildman–Crippen LogP) is 3.45. The molecule has 0 spiro atoms. The van der Waals surface area contributed by atoms with Crippen LogP contribution in [0.15, 0.2) is 48.5 Å². The summed E-state index contributed by atoms with van der Waals surface area (Å²) in [5.41, 5.74) is 3.13. The average molecular weight is 339 g/mol. The third kappa shape index (κ3) is 5.88. The summed E-state index contributed by atoms with van der Waals surface area (Å²) in [4.78, 5) is 35.7. The number of carbonyl (C=O) groups is 3. The van der Waals surface area contributed by atoms with Gasteiger partial charge in [-0.3, -0.25) is 14.4 Å². The fraction of sp³-hybridized carbons (Fsp3) is 0.250. The first-order valence-corrected chi connectivity index (χ1v) is 8.06. The normalized spacial score (nSPS) is 10.2. The SMILES string of the molecule is Cc1ccc(C)c(C(=O)CCC(=O)OCC(=O)Nc2ccccc2)c1. The molecule has 5 heteroatoms. The molecule has 0 saturated carbocycles. The summed E-state index contributed by atoms with van der Waals surface area (Å²) in [6.45, 7) is 3.40. The molecular formula is C20H21NO4. The Morgan fingerprint density at radius 3 is 2.40 bits per heavy atom. The first-order chi connectivity index (χ1) is 12.0. The van der Waals surface area contributed by atoms with E-state index in [2.05, 4.69) is 5.32 Å². The lowest BCUT2D eigenvalue weighted by Crippen LogP contribution is -2.21. The second kappa shape index (κ2) is 8.78. The molecule has 0 atom stereocenters. The fourth-order valence-corrected chi connectivity index (χ4v) is 2.32. The summed E-state index contributed by atoms with van der Waals surface area (Å²) in [6, 6.07) is 14.5. The van der Waals surface area contributed by atoms with E-state index in [0.29, 0.717) is 11.3 Å². The van der Waals surface area contributed by atoms with Crippen molar-refractivity contribution in [1.82, 2.24) is 0 Å². The van der Waals surface area contributed by atoms with Gasteiger partial charge in [-0.15, -0.1) is 0 Å². The predicted molar refractivity (Wildman–Crippen MR) is 95.5 cm³/mol. The second-order valence-corrected chi connectivity index (χ2v) is 5.82. The van der Waals surface area contributed by atoms with Gasteiger partial charge in [-0.1, -0.05) is 35.9 Å². The van der Waals surface area contributed by atoms with Crippen molar-refractivity contribution in [2.24, 2.45) is 0 Å². The Labute approximate surface area is 147 Å². The maximum atomic E-state index is 12.2. The van der Waals surface area contributed by atoms with E-state index < -0.39 is 11.9 Å². The van der Waals surface area contributed by atoms with E-state index in [9.17, 15) is 14.4 Å². The molecule has 0 unspecified atom stereocenters. The molecule has 1 amide bonds. The highest BCUT2D eigenvalue weighted by atomic mass is 16.5. The molecule has 130 valence electrons. The van der Waals surface area contributed by atoms with Gasteiger partial charge in [-0.2, -0.15) is 0 Å². The average Bonchev–Trinajstić information content (AvgIpc) is 2.60. The molecule has 0 aromatic heterocycles.